The summed E-state index contributed by atoms with van der Waals surface area (Å²) in [6.45, 7) is 3.01. The number of rotatable bonds is 3. The smallest absolute Gasteiger partial charge is 0.217 e. The van der Waals surface area contributed by atoms with E-state index in [1.807, 2.05) is 23.0 Å². The number of hydrogen-bond acceptors (Lipinski definition) is 3. The van der Waals surface area contributed by atoms with Gasteiger partial charge in [-0.3, -0.25) is 4.79 Å². The number of amides is 1. The third-order valence-electron chi connectivity index (χ3n) is 6.10. The molecule has 5 rings (SSSR count). The van der Waals surface area contributed by atoms with Gasteiger partial charge in [-0.15, -0.1) is 0 Å². The maximum absolute atomic E-state index is 11.6. The van der Waals surface area contributed by atoms with Crippen LogP contribution in [0.3, 0.4) is 0 Å². The van der Waals surface area contributed by atoms with E-state index in [4.69, 9.17) is 27.9 Å². The zero-order valence-electron chi connectivity index (χ0n) is 16.8. The van der Waals surface area contributed by atoms with Crippen molar-refractivity contribution in [1.82, 2.24) is 19.7 Å². The van der Waals surface area contributed by atoms with Crippen molar-refractivity contribution in [2.45, 2.75) is 57.8 Å². The zero-order valence-corrected chi connectivity index (χ0v) is 18.3. The van der Waals surface area contributed by atoms with Crippen LogP contribution in [-0.4, -0.2) is 32.9 Å². The van der Waals surface area contributed by atoms with Gasteiger partial charge in [0.1, 0.15) is 6.23 Å². The quantitative estimate of drug-likeness (QED) is 0.617. The number of carbonyl (C=O) groups excluding carboxylic acids is 1. The molecule has 0 radical (unpaired) electrons. The molecular weight excluding hydrogens is 423 g/mol. The van der Waals surface area contributed by atoms with E-state index in [0.29, 0.717) is 16.6 Å². The van der Waals surface area contributed by atoms with Gasteiger partial charge >= 0.3 is 0 Å². The lowest BCUT2D eigenvalue weighted by atomic mass is 9.99. The van der Waals surface area contributed by atoms with Crippen molar-refractivity contribution in [3.8, 4) is 11.1 Å². The van der Waals surface area contributed by atoms with Crippen LogP contribution in [0.25, 0.3) is 22.0 Å². The van der Waals surface area contributed by atoms with Crippen molar-refractivity contribution in [2.75, 3.05) is 6.61 Å². The average molecular weight is 447 g/mol. The Morgan fingerprint density at radius 2 is 2.13 bits per heavy atom. The number of aromatic nitrogens is 3. The van der Waals surface area contributed by atoms with Gasteiger partial charge in [0.05, 0.1) is 21.8 Å². The Kier molecular flexibility index (Phi) is 5.25. The average Bonchev–Trinajstić information content (AvgIpc) is 3.33. The molecular formula is C22H24Cl2N4O2. The van der Waals surface area contributed by atoms with Gasteiger partial charge in [-0.05, 0) is 38.2 Å². The highest BCUT2D eigenvalue weighted by Crippen LogP contribution is 2.43. The first kappa shape index (κ1) is 19.9. The third-order valence-corrected chi connectivity index (χ3v) is 6.90. The molecule has 6 nitrogen and oxygen atoms in total. The van der Waals surface area contributed by atoms with Crippen LogP contribution in [0.2, 0.25) is 10.0 Å². The van der Waals surface area contributed by atoms with E-state index in [0.717, 1.165) is 60.7 Å². The normalized spacial score (nSPS) is 21.6. The minimum absolute atomic E-state index is 0.000569. The molecule has 8 heteroatoms. The molecule has 2 aliphatic rings. The standard InChI is InChI=1S/C22H24Cl2N4O2/c1-13(29)26-15-5-8-18-20(14-10-25-28(11-14)19-4-2-3-9-30-19)16-6-7-17(23)21(24)22(16)27(18)12-15/h6-7,10-11,15,19H,2-5,8-9,12H2,1H3,(H,26,29). The molecule has 1 saturated heterocycles. The van der Waals surface area contributed by atoms with Crippen LogP contribution < -0.4 is 5.32 Å². The van der Waals surface area contributed by atoms with Crippen molar-refractivity contribution >= 4 is 40.0 Å². The third kappa shape index (κ3) is 3.41. The molecule has 1 amide bonds. The van der Waals surface area contributed by atoms with Gasteiger partial charge in [0, 0.05) is 54.5 Å². The van der Waals surface area contributed by atoms with Crippen molar-refractivity contribution in [1.29, 1.82) is 0 Å². The number of nitrogens with zero attached hydrogens (tertiary/aromatic N) is 3. The van der Waals surface area contributed by atoms with Crippen molar-refractivity contribution in [3.63, 3.8) is 0 Å². The van der Waals surface area contributed by atoms with Crippen molar-refractivity contribution in [2.24, 2.45) is 0 Å². The molecule has 158 valence electrons. The van der Waals surface area contributed by atoms with E-state index in [1.54, 1.807) is 6.92 Å². The van der Waals surface area contributed by atoms with E-state index in [9.17, 15) is 4.79 Å². The number of hydrogen-bond donors (Lipinski definition) is 1. The van der Waals surface area contributed by atoms with E-state index in [1.165, 1.54) is 5.69 Å². The Morgan fingerprint density at radius 3 is 2.90 bits per heavy atom. The summed E-state index contributed by atoms with van der Waals surface area (Å²) in [5.74, 6) is -0.0157. The highest BCUT2D eigenvalue weighted by Gasteiger charge is 2.28. The van der Waals surface area contributed by atoms with Crippen LogP contribution in [-0.2, 0) is 22.5 Å². The van der Waals surface area contributed by atoms with Gasteiger partial charge in [0.25, 0.3) is 0 Å². The largest absolute Gasteiger partial charge is 0.357 e. The van der Waals surface area contributed by atoms with Crippen LogP contribution in [0.4, 0.5) is 0 Å². The Hall–Kier alpha value is -2.02. The minimum Gasteiger partial charge on any atom is -0.357 e. The number of nitrogens with one attached hydrogen (secondary N) is 1. The van der Waals surface area contributed by atoms with E-state index >= 15 is 0 Å². The molecule has 2 aromatic heterocycles. The summed E-state index contributed by atoms with van der Waals surface area (Å²) in [6.07, 6.45) is 8.96. The van der Waals surface area contributed by atoms with E-state index < -0.39 is 0 Å². The highest BCUT2D eigenvalue weighted by molar-refractivity contribution is 6.45. The number of fused-ring (bicyclic) bond motifs is 3. The van der Waals surface area contributed by atoms with Crippen LogP contribution in [0.15, 0.2) is 24.5 Å². The van der Waals surface area contributed by atoms with Gasteiger partial charge in [0.15, 0.2) is 0 Å². The molecule has 2 unspecified atom stereocenters. The maximum atomic E-state index is 11.6. The number of ether oxygens (including phenoxy) is 1. The van der Waals surface area contributed by atoms with Crippen LogP contribution in [0.1, 0.15) is 44.5 Å². The number of benzene rings is 1. The monoisotopic (exact) mass is 446 g/mol. The molecule has 0 spiro atoms. The minimum atomic E-state index is -0.0157. The molecule has 0 aliphatic carbocycles. The second-order valence-electron chi connectivity index (χ2n) is 8.16. The predicted octanol–water partition coefficient (Wildman–Crippen LogP) is 4.96. The first-order chi connectivity index (χ1) is 14.5. The summed E-state index contributed by atoms with van der Waals surface area (Å²) in [5.41, 5.74) is 4.33. The summed E-state index contributed by atoms with van der Waals surface area (Å²) in [5, 5.41) is 9.80. The molecule has 2 atom stereocenters. The Bertz CT molecular complexity index is 1110. The first-order valence-corrected chi connectivity index (χ1v) is 11.2. The lowest BCUT2D eigenvalue weighted by Gasteiger charge is -2.26. The molecule has 0 bridgehead atoms. The number of carbonyl (C=O) groups is 1. The van der Waals surface area contributed by atoms with Gasteiger partial charge in [-0.2, -0.15) is 5.10 Å². The summed E-state index contributed by atoms with van der Waals surface area (Å²) in [7, 11) is 0. The van der Waals surface area contributed by atoms with Gasteiger partial charge in [0.2, 0.25) is 5.91 Å². The van der Waals surface area contributed by atoms with E-state index in [-0.39, 0.29) is 18.2 Å². The topological polar surface area (TPSA) is 61.1 Å². The van der Waals surface area contributed by atoms with Crippen LogP contribution in [0, 0.1) is 0 Å². The fourth-order valence-electron chi connectivity index (χ4n) is 4.80. The van der Waals surface area contributed by atoms with Gasteiger partial charge in [-0.1, -0.05) is 29.3 Å². The van der Waals surface area contributed by atoms with E-state index in [2.05, 4.69) is 21.2 Å². The SMILES string of the molecule is CC(=O)NC1CCc2c(-c3cnn(C4CCCCO4)c3)c3ccc(Cl)c(Cl)c3n2C1. The maximum Gasteiger partial charge on any atom is 0.217 e. The molecule has 1 aromatic carbocycles. The lowest BCUT2D eigenvalue weighted by Crippen LogP contribution is -2.39. The lowest BCUT2D eigenvalue weighted by molar-refractivity contribution is -0.119. The van der Waals surface area contributed by atoms with Crippen molar-refractivity contribution < 1.29 is 9.53 Å². The predicted molar refractivity (Wildman–Crippen MR) is 118 cm³/mol. The molecule has 3 aromatic rings. The molecule has 4 heterocycles. The molecule has 30 heavy (non-hydrogen) atoms. The highest BCUT2D eigenvalue weighted by atomic mass is 35.5. The summed E-state index contributed by atoms with van der Waals surface area (Å²) >= 11 is 13.0. The fourth-order valence-corrected chi connectivity index (χ4v) is 5.22. The van der Waals surface area contributed by atoms with Gasteiger partial charge in [-0.25, -0.2) is 4.68 Å². The Morgan fingerprint density at radius 1 is 1.27 bits per heavy atom. The molecule has 1 fully saturated rings. The Labute approximate surface area is 185 Å². The van der Waals surface area contributed by atoms with Crippen LogP contribution in [0.5, 0.6) is 0 Å². The number of halogens is 2. The fraction of sp³-hybridized carbons (Fsp3) is 0.455. The summed E-state index contributed by atoms with van der Waals surface area (Å²) < 4.78 is 10.1. The second kappa shape index (κ2) is 7.91. The Balaban J connectivity index is 1.62. The second-order valence-corrected chi connectivity index (χ2v) is 8.94. The van der Waals surface area contributed by atoms with Crippen molar-refractivity contribution in [3.05, 3.63) is 40.3 Å². The summed E-state index contributed by atoms with van der Waals surface area (Å²) in [4.78, 5) is 11.6. The first-order valence-electron chi connectivity index (χ1n) is 10.4. The molecule has 0 saturated carbocycles. The summed E-state index contributed by atoms with van der Waals surface area (Å²) in [6, 6.07) is 3.96. The zero-order chi connectivity index (χ0) is 20.8. The van der Waals surface area contributed by atoms with Crippen LogP contribution >= 0.6 is 23.2 Å². The molecule has 2 aliphatic heterocycles. The van der Waals surface area contributed by atoms with Gasteiger partial charge < -0.3 is 14.6 Å². The molecule has 1 N–H and O–H groups in total.